The van der Waals surface area contributed by atoms with E-state index in [9.17, 15) is 4.79 Å². The van der Waals surface area contributed by atoms with Gasteiger partial charge in [-0.05, 0) is 36.8 Å². The molecule has 116 valence electrons. The van der Waals surface area contributed by atoms with Crippen LogP contribution in [0.5, 0.6) is 0 Å². The topological polar surface area (TPSA) is 54.0 Å². The molecule has 0 aliphatic carbocycles. The Morgan fingerprint density at radius 2 is 1.91 bits per heavy atom. The van der Waals surface area contributed by atoms with Crippen molar-refractivity contribution in [2.24, 2.45) is 0 Å². The van der Waals surface area contributed by atoms with Crippen LogP contribution in [0.3, 0.4) is 0 Å². The first-order chi connectivity index (χ1) is 11.1. The Kier molecular flexibility index (Phi) is 4.57. The molecule has 0 spiro atoms. The molecule has 5 heteroatoms. The van der Waals surface area contributed by atoms with Crippen LogP contribution in [0.1, 0.15) is 18.5 Å². The Morgan fingerprint density at radius 3 is 2.70 bits per heavy atom. The molecule has 3 aromatic rings. The molecule has 1 aromatic heterocycles. The molecule has 2 amide bonds. The summed E-state index contributed by atoms with van der Waals surface area (Å²) in [6, 6.07) is 15.2. The summed E-state index contributed by atoms with van der Waals surface area (Å²) in [7, 11) is 0. The van der Waals surface area contributed by atoms with E-state index >= 15 is 0 Å². The number of nitrogens with one attached hydrogen (secondary N) is 2. The largest absolute Gasteiger partial charge is 0.331 e. The van der Waals surface area contributed by atoms with E-state index in [4.69, 9.17) is 0 Å². The normalized spacial score (nSPS) is 11.9. The SMILES string of the molecule is C[C@H](NC(=O)Nc1cccc2cnccc12)c1ccc(Br)cc1. The summed E-state index contributed by atoms with van der Waals surface area (Å²) in [4.78, 5) is 16.4. The average Bonchev–Trinajstić information content (AvgIpc) is 2.55. The molecule has 1 atom stereocenters. The van der Waals surface area contributed by atoms with Crippen molar-refractivity contribution in [2.75, 3.05) is 5.32 Å². The van der Waals surface area contributed by atoms with Gasteiger partial charge in [0.2, 0.25) is 0 Å². The highest BCUT2D eigenvalue weighted by Crippen LogP contribution is 2.22. The minimum absolute atomic E-state index is 0.0836. The van der Waals surface area contributed by atoms with Gasteiger partial charge in [-0.2, -0.15) is 0 Å². The Labute approximate surface area is 143 Å². The second-order valence-corrected chi connectivity index (χ2v) is 6.19. The zero-order valence-electron chi connectivity index (χ0n) is 12.6. The van der Waals surface area contributed by atoms with E-state index < -0.39 is 0 Å². The van der Waals surface area contributed by atoms with Gasteiger partial charge in [0, 0.05) is 27.6 Å². The van der Waals surface area contributed by atoms with Gasteiger partial charge in [-0.15, -0.1) is 0 Å². The fourth-order valence-electron chi connectivity index (χ4n) is 2.42. The minimum Gasteiger partial charge on any atom is -0.331 e. The summed E-state index contributed by atoms with van der Waals surface area (Å²) >= 11 is 3.41. The standard InChI is InChI=1S/C18H16BrN3O/c1-12(13-5-7-15(19)8-6-13)21-18(23)22-17-4-2-3-14-11-20-10-9-16(14)17/h2-12H,1H3,(H2,21,22,23)/t12-/m0/s1. The molecule has 1 heterocycles. The van der Waals surface area contributed by atoms with Crippen LogP contribution in [-0.2, 0) is 0 Å². The van der Waals surface area contributed by atoms with Crippen molar-refractivity contribution in [1.82, 2.24) is 10.3 Å². The second kappa shape index (κ2) is 6.79. The number of carbonyl (C=O) groups excluding carboxylic acids is 1. The average molecular weight is 370 g/mol. The second-order valence-electron chi connectivity index (χ2n) is 5.27. The van der Waals surface area contributed by atoms with E-state index in [-0.39, 0.29) is 12.1 Å². The number of nitrogens with zero attached hydrogens (tertiary/aromatic N) is 1. The molecule has 0 radical (unpaired) electrons. The van der Waals surface area contributed by atoms with Gasteiger partial charge in [-0.3, -0.25) is 4.98 Å². The summed E-state index contributed by atoms with van der Waals surface area (Å²) in [5.41, 5.74) is 1.82. The first-order valence-electron chi connectivity index (χ1n) is 7.29. The first kappa shape index (κ1) is 15.5. The maximum absolute atomic E-state index is 12.3. The van der Waals surface area contributed by atoms with Gasteiger partial charge >= 0.3 is 6.03 Å². The molecule has 0 unspecified atom stereocenters. The van der Waals surface area contributed by atoms with Crippen LogP contribution in [0.15, 0.2) is 65.4 Å². The summed E-state index contributed by atoms with van der Waals surface area (Å²) in [5.74, 6) is 0. The molecule has 0 fully saturated rings. The summed E-state index contributed by atoms with van der Waals surface area (Å²) < 4.78 is 1.02. The molecule has 0 aliphatic heterocycles. The quantitative estimate of drug-likeness (QED) is 0.691. The lowest BCUT2D eigenvalue weighted by Gasteiger charge is -2.16. The molecule has 23 heavy (non-hydrogen) atoms. The Hall–Kier alpha value is -2.40. The van der Waals surface area contributed by atoms with Crippen molar-refractivity contribution in [3.63, 3.8) is 0 Å². The predicted molar refractivity (Wildman–Crippen MR) is 96.5 cm³/mol. The fraction of sp³-hybridized carbons (Fsp3) is 0.111. The molecule has 2 N–H and O–H groups in total. The number of aromatic nitrogens is 1. The van der Waals surface area contributed by atoms with Gasteiger partial charge < -0.3 is 10.6 Å². The molecule has 0 bridgehead atoms. The van der Waals surface area contributed by atoms with Crippen molar-refractivity contribution < 1.29 is 4.79 Å². The Morgan fingerprint density at radius 1 is 1.13 bits per heavy atom. The molecule has 4 nitrogen and oxygen atoms in total. The highest BCUT2D eigenvalue weighted by molar-refractivity contribution is 9.10. The smallest absolute Gasteiger partial charge is 0.319 e. The number of urea groups is 1. The zero-order chi connectivity index (χ0) is 16.2. The van der Waals surface area contributed by atoms with Crippen LogP contribution >= 0.6 is 15.9 Å². The van der Waals surface area contributed by atoms with E-state index in [2.05, 4.69) is 31.5 Å². The predicted octanol–water partition coefficient (Wildman–Crippen LogP) is 4.88. The summed E-state index contributed by atoms with van der Waals surface area (Å²) in [6.07, 6.45) is 3.50. The van der Waals surface area contributed by atoms with Gasteiger partial charge in [0.25, 0.3) is 0 Å². The first-order valence-corrected chi connectivity index (χ1v) is 8.08. The number of fused-ring (bicyclic) bond motifs is 1. The molecule has 3 rings (SSSR count). The van der Waals surface area contributed by atoms with Gasteiger partial charge in [-0.1, -0.05) is 40.2 Å². The van der Waals surface area contributed by atoms with Crippen molar-refractivity contribution in [1.29, 1.82) is 0 Å². The molecular weight excluding hydrogens is 354 g/mol. The number of hydrogen-bond acceptors (Lipinski definition) is 2. The lowest BCUT2D eigenvalue weighted by Crippen LogP contribution is -2.31. The number of halogens is 1. The van der Waals surface area contributed by atoms with Gasteiger partial charge in [0.15, 0.2) is 0 Å². The number of anilines is 1. The Bertz CT molecular complexity index is 828. The molecule has 0 saturated heterocycles. The van der Waals surface area contributed by atoms with E-state index in [1.54, 1.807) is 12.4 Å². The highest BCUT2D eigenvalue weighted by atomic mass is 79.9. The monoisotopic (exact) mass is 369 g/mol. The maximum atomic E-state index is 12.3. The van der Waals surface area contributed by atoms with Crippen LogP contribution < -0.4 is 10.6 Å². The van der Waals surface area contributed by atoms with E-state index in [0.717, 1.165) is 26.5 Å². The summed E-state index contributed by atoms with van der Waals surface area (Å²) in [6.45, 7) is 1.95. The lowest BCUT2D eigenvalue weighted by atomic mass is 10.1. The van der Waals surface area contributed by atoms with Gasteiger partial charge in [0.05, 0.1) is 11.7 Å². The molecule has 0 saturated carbocycles. The number of pyridine rings is 1. The van der Waals surface area contributed by atoms with Crippen LogP contribution in [0.25, 0.3) is 10.8 Å². The summed E-state index contributed by atoms with van der Waals surface area (Å²) in [5, 5.41) is 7.82. The van der Waals surface area contributed by atoms with Crippen molar-refractivity contribution in [2.45, 2.75) is 13.0 Å². The number of benzene rings is 2. The zero-order valence-corrected chi connectivity index (χ0v) is 14.2. The fourth-order valence-corrected chi connectivity index (χ4v) is 2.69. The molecule has 2 aromatic carbocycles. The van der Waals surface area contributed by atoms with Gasteiger partial charge in [0.1, 0.15) is 0 Å². The molecular formula is C18H16BrN3O. The minimum atomic E-state index is -0.232. The van der Waals surface area contributed by atoms with Crippen molar-refractivity contribution in [3.05, 3.63) is 71.0 Å². The third-order valence-corrected chi connectivity index (χ3v) is 4.18. The number of rotatable bonds is 3. The van der Waals surface area contributed by atoms with Crippen LogP contribution in [-0.4, -0.2) is 11.0 Å². The van der Waals surface area contributed by atoms with Crippen LogP contribution in [0, 0.1) is 0 Å². The van der Waals surface area contributed by atoms with Crippen molar-refractivity contribution in [3.8, 4) is 0 Å². The highest BCUT2D eigenvalue weighted by Gasteiger charge is 2.10. The molecule has 0 aliphatic rings. The number of carbonyl (C=O) groups is 1. The van der Waals surface area contributed by atoms with E-state index in [1.165, 1.54) is 0 Å². The number of amides is 2. The van der Waals surface area contributed by atoms with Crippen LogP contribution in [0.2, 0.25) is 0 Å². The van der Waals surface area contributed by atoms with E-state index in [0.29, 0.717) is 0 Å². The third kappa shape index (κ3) is 3.68. The maximum Gasteiger partial charge on any atom is 0.319 e. The Balaban J connectivity index is 1.72. The van der Waals surface area contributed by atoms with Gasteiger partial charge in [-0.25, -0.2) is 4.79 Å². The third-order valence-electron chi connectivity index (χ3n) is 3.65. The number of hydrogen-bond donors (Lipinski definition) is 2. The lowest BCUT2D eigenvalue weighted by molar-refractivity contribution is 0.249. The van der Waals surface area contributed by atoms with Crippen molar-refractivity contribution >= 4 is 38.4 Å². The van der Waals surface area contributed by atoms with Crippen LogP contribution in [0.4, 0.5) is 10.5 Å². The van der Waals surface area contributed by atoms with E-state index in [1.807, 2.05) is 55.5 Å².